The molecule has 0 saturated heterocycles. The van der Waals surface area contributed by atoms with Crippen LogP contribution in [-0.4, -0.2) is 34.2 Å². The molecule has 1 heterocycles. The van der Waals surface area contributed by atoms with Gasteiger partial charge < -0.3 is 14.8 Å². The molecule has 11 heavy (non-hydrogen) atoms. The lowest BCUT2D eigenvalue weighted by molar-refractivity contribution is 0.395. The minimum Gasteiger partial charge on any atom is -0.480 e. The maximum absolute atomic E-state index is 8.60. The van der Waals surface area contributed by atoms with Crippen LogP contribution in [0, 0.1) is 0 Å². The summed E-state index contributed by atoms with van der Waals surface area (Å²) in [5, 5.41) is 17.2. The summed E-state index contributed by atoms with van der Waals surface area (Å²) in [6, 6.07) is 0. The van der Waals surface area contributed by atoms with Gasteiger partial charge in [0.15, 0.2) is 0 Å². The number of ether oxygens (including phenoxy) is 1. The largest absolute Gasteiger partial charge is 0.509 e. The molecular formula is C5H7BN2O3. The van der Waals surface area contributed by atoms with Gasteiger partial charge in [0.2, 0.25) is 5.88 Å². The summed E-state index contributed by atoms with van der Waals surface area (Å²) >= 11 is 0. The van der Waals surface area contributed by atoms with Gasteiger partial charge >= 0.3 is 7.12 Å². The summed E-state index contributed by atoms with van der Waals surface area (Å²) in [5.41, 5.74) is 0.103. The van der Waals surface area contributed by atoms with Gasteiger partial charge in [-0.1, -0.05) is 0 Å². The minimum atomic E-state index is -1.58. The SMILES string of the molecule is COc1cnc(B(O)O)cn1. The third-order valence-corrected chi connectivity index (χ3v) is 1.12. The first kappa shape index (κ1) is 7.97. The highest BCUT2D eigenvalue weighted by Gasteiger charge is 2.12. The molecule has 2 N–H and O–H groups in total. The van der Waals surface area contributed by atoms with Crippen molar-refractivity contribution in [3.63, 3.8) is 0 Å². The average Bonchev–Trinajstić information content (AvgIpc) is 2.05. The maximum Gasteiger partial charge on any atom is 0.509 e. The summed E-state index contributed by atoms with van der Waals surface area (Å²) in [6.07, 6.45) is 2.55. The molecule has 0 amide bonds. The van der Waals surface area contributed by atoms with E-state index in [1.807, 2.05) is 0 Å². The summed E-state index contributed by atoms with van der Waals surface area (Å²) in [5.74, 6) is 0.342. The number of rotatable bonds is 2. The predicted octanol–water partition coefficient (Wildman–Crippen LogP) is -1.84. The van der Waals surface area contributed by atoms with E-state index in [-0.39, 0.29) is 5.59 Å². The monoisotopic (exact) mass is 154 g/mol. The first-order chi connectivity index (χ1) is 5.24. The fraction of sp³-hybridized carbons (Fsp3) is 0.200. The Bertz CT molecular complexity index is 226. The van der Waals surface area contributed by atoms with Crippen LogP contribution in [0.15, 0.2) is 12.4 Å². The molecule has 0 spiro atoms. The van der Waals surface area contributed by atoms with Gasteiger partial charge in [0.1, 0.15) is 0 Å². The second-order valence-corrected chi connectivity index (χ2v) is 1.86. The summed E-state index contributed by atoms with van der Waals surface area (Å²) in [7, 11) is -0.118. The molecule has 0 radical (unpaired) electrons. The van der Waals surface area contributed by atoms with E-state index in [9.17, 15) is 0 Å². The molecule has 0 unspecified atom stereocenters. The Morgan fingerprint density at radius 3 is 2.45 bits per heavy atom. The van der Waals surface area contributed by atoms with Crippen molar-refractivity contribution in [2.75, 3.05) is 7.11 Å². The Morgan fingerprint density at radius 1 is 1.36 bits per heavy atom. The highest BCUT2D eigenvalue weighted by atomic mass is 16.5. The molecule has 6 heteroatoms. The third kappa shape index (κ3) is 1.89. The number of nitrogens with zero attached hydrogens (tertiary/aromatic N) is 2. The second kappa shape index (κ2) is 3.31. The standard InChI is InChI=1S/C5H7BN2O3/c1-11-5-3-7-4(2-8-5)6(9)10/h2-3,9-10H,1H3. The summed E-state index contributed by atoms with van der Waals surface area (Å²) in [6.45, 7) is 0. The zero-order chi connectivity index (χ0) is 8.27. The van der Waals surface area contributed by atoms with Crippen LogP contribution in [0.1, 0.15) is 0 Å². The lowest BCUT2D eigenvalue weighted by Crippen LogP contribution is -2.32. The van der Waals surface area contributed by atoms with Crippen LogP contribution in [0.2, 0.25) is 0 Å². The van der Waals surface area contributed by atoms with E-state index in [1.54, 1.807) is 0 Å². The first-order valence-electron chi connectivity index (χ1n) is 2.96. The average molecular weight is 154 g/mol. The van der Waals surface area contributed by atoms with Gasteiger partial charge in [0.05, 0.1) is 18.9 Å². The molecule has 58 valence electrons. The second-order valence-electron chi connectivity index (χ2n) is 1.86. The van der Waals surface area contributed by atoms with E-state index in [0.717, 1.165) is 0 Å². The van der Waals surface area contributed by atoms with Gasteiger partial charge in [0, 0.05) is 6.20 Å². The minimum absolute atomic E-state index is 0.103. The molecule has 0 aliphatic heterocycles. The maximum atomic E-state index is 8.60. The third-order valence-electron chi connectivity index (χ3n) is 1.12. The topological polar surface area (TPSA) is 75.5 Å². The Kier molecular flexibility index (Phi) is 2.40. The molecule has 0 aliphatic carbocycles. The quantitative estimate of drug-likeness (QED) is 0.489. The van der Waals surface area contributed by atoms with E-state index >= 15 is 0 Å². The molecule has 0 fully saturated rings. The zero-order valence-corrected chi connectivity index (χ0v) is 5.93. The molecule has 0 bridgehead atoms. The lowest BCUT2D eigenvalue weighted by Gasteiger charge is -1.98. The number of hydrogen-bond acceptors (Lipinski definition) is 5. The fourth-order valence-electron chi connectivity index (χ4n) is 0.565. The van der Waals surface area contributed by atoms with Crippen molar-refractivity contribution in [2.24, 2.45) is 0 Å². The Balaban J connectivity index is 2.83. The molecule has 1 aromatic rings. The van der Waals surface area contributed by atoms with Gasteiger partial charge in [-0.25, -0.2) is 4.98 Å². The first-order valence-corrected chi connectivity index (χ1v) is 2.96. The highest BCUT2D eigenvalue weighted by molar-refractivity contribution is 6.57. The van der Waals surface area contributed by atoms with Crippen molar-refractivity contribution in [2.45, 2.75) is 0 Å². The van der Waals surface area contributed by atoms with Crippen molar-refractivity contribution in [3.8, 4) is 5.88 Å². The van der Waals surface area contributed by atoms with Crippen LogP contribution in [0.25, 0.3) is 0 Å². The molecule has 5 nitrogen and oxygen atoms in total. The van der Waals surface area contributed by atoms with E-state index in [2.05, 4.69) is 9.97 Å². The van der Waals surface area contributed by atoms with Crippen molar-refractivity contribution < 1.29 is 14.8 Å². The number of aromatic nitrogens is 2. The molecule has 0 aromatic carbocycles. The fourth-order valence-corrected chi connectivity index (χ4v) is 0.565. The zero-order valence-electron chi connectivity index (χ0n) is 5.93. The molecule has 1 rings (SSSR count). The number of hydrogen-bond donors (Lipinski definition) is 2. The molecule has 0 saturated carbocycles. The van der Waals surface area contributed by atoms with Crippen LogP contribution in [-0.2, 0) is 0 Å². The predicted molar refractivity (Wildman–Crippen MR) is 38.4 cm³/mol. The Morgan fingerprint density at radius 2 is 2.09 bits per heavy atom. The molecule has 0 aliphatic rings. The van der Waals surface area contributed by atoms with Crippen molar-refractivity contribution in [3.05, 3.63) is 12.4 Å². The molecular weight excluding hydrogens is 147 g/mol. The van der Waals surface area contributed by atoms with Gasteiger partial charge in [-0.3, -0.25) is 4.98 Å². The van der Waals surface area contributed by atoms with Gasteiger partial charge in [0.25, 0.3) is 0 Å². The van der Waals surface area contributed by atoms with Crippen LogP contribution in [0.4, 0.5) is 0 Å². The normalized spacial score (nSPS) is 9.36. The van der Waals surface area contributed by atoms with E-state index in [0.29, 0.717) is 5.88 Å². The molecule has 0 atom stereocenters. The van der Waals surface area contributed by atoms with Crippen molar-refractivity contribution in [1.82, 2.24) is 9.97 Å². The van der Waals surface area contributed by atoms with Crippen LogP contribution >= 0.6 is 0 Å². The van der Waals surface area contributed by atoms with E-state index in [4.69, 9.17) is 14.8 Å². The van der Waals surface area contributed by atoms with Gasteiger partial charge in [-0.05, 0) is 0 Å². The highest BCUT2D eigenvalue weighted by Crippen LogP contribution is 1.96. The van der Waals surface area contributed by atoms with E-state index < -0.39 is 7.12 Å². The summed E-state index contributed by atoms with van der Waals surface area (Å²) < 4.78 is 4.71. The lowest BCUT2D eigenvalue weighted by atomic mass is 9.87. The van der Waals surface area contributed by atoms with E-state index in [1.165, 1.54) is 19.5 Å². The van der Waals surface area contributed by atoms with Crippen molar-refractivity contribution >= 4 is 12.7 Å². The smallest absolute Gasteiger partial charge is 0.480 e. The van der Waals surface area contributed by atoms with Crippen LogP contribution < -0.4 is 10.3 Å². The van der Waals surface area contributed by atoms with Gasteiger partial charge in [-0.2, -0.15) is 0 Å². The Labute approximate surface area is 63.8 Å². The van der Waals surface area contributed by atoms with Gasteiger partial charge in [-0.15, -0.1) is 0 Å². The number of methoxy groups -OCH3 is 1. The summed E-state index contributed by atoms with van der Waals surface area (Å²) in [4.78, 5) is 7.38. The van der Waals surface area contributed by atoms with Crippen molar-refractivity contribution in [1.29, 1.82) is 0 Å². The Hall–Kier alpha value is -1.14. The molecule has 1 aromatic heterocycles. The van der Waals surface area contributed by atoms with Crippen LogP contribution in [0.3, 0.4) is 0 Å². The van der Waals surface area contributed by atoms with Crippen LogP contribution in [0.5, 0.6) is 5.88 Å².